The lowest BCUT2D eigenvalue weighted by Crippen LogP contribution is -2.31. The highest BCUT2D eigenvalue weighted by Crippen LogP contribution is 2.22. The molecular formula is C21H22FN3O5S. The molecule has 1 fully saturated rings. The van der Waals surface area contributed by atoms with Gasteiger partial charge in [0.2, 0.25) is 21.7 Å². The molecule has 1 aliphatic heterocycles. The third-order valence-electron chi connectivity index (χ3n) is 4.92. The van der Waals surface area contributed by atoms with E-state index < -0.39 is 32.4 Å². The van der Waals surface area contributed by atoms with Gasteiger partial charge < -0.3 is 5.32 Å². The van der Waals surface area contributed by atoms with Crippen LogP contribution >= 0.6 is 0 Å². The number of carbonyl (C=O) groups excluding carboxylic acids is 1. The minimum atomic E-state index is -3.54. The summed E-state index contributed by atoms with van der Waals surface area (Å²) >= 11 is 0. The Morgan fingerprint density at radius 1 is 1.06 bits per heavy atom. The molecular weight excluding hydrogens is 425 g/mol. The number of hydrogen-bond donors (Lipinski definition) is 1. The summed E-state index contributed by atoms with van der Waals surface area (Å²) in [4.78, 5) is 22.2. The van der Waals surface area contributed by atoms with E-state index in [0.717, 1.165) is 37.8 Å². The summed E-state index contributed by atoms with van der Waals surface area (Å²) in [6, 6.07) is 9.25. The minimum absolute atomic E-state index is 0.0849. The molecule has 10 heteroatoms. The standard InChI is InChI=1S/C21H22FN3O5S/c22-19-11-8-17(15-20(19)25(27)28)23-21(26)12-7-16-5-9-18(10-6-16)31(29,30)24-13-3-1-2-4-14-24/h5-12,15H,1-4,13-14H2,(H,23,26)/b12-7+. The predicted molar refractivity (Wildman–Crippen MR) is 114 cm³/mol. The topological polar surface area (TPSA) is 110 Å². The van der Waals surface area contributed by atoms with Gasteiger partial charge in [0, 0.05) is 30.9 Å². The molecule has 2 aromatic rings. The molecule has 8 nitrogen and oxygen atoms in total. The number of nitrogens with zero attached hydrogens (tertiary/aromatic N) is 2. The van der Waals surface area contributed by atoms with Gasteiger partial charge in [-0.05, 0) is 48.7 Å². The van der Waals surface area contributed by atoms with Crippen LogP contribution in [0, 0.1) is 15.9 Å². The molecule has 1 saturated heterocycles. The number of halogens is 1. The average molecular weight is 447 g/mol. The molecule has 0 bridgehead atoms. The number of amides is 1. The van der Waals surface area contributed by atoms with E-state index in [4.69, 9.17) is 0 Å². The summed E-state index contributed by atoms with van der Waals surface area (Å²) in [6.45, 7) is 1.04. The SMILES string of the molecule is O=C(/C=C/c1ccc(S(=O)(=O)N2CCCCCC2)cc1)Nc1ccc(F)c([N+](=O)[O-])c1. The van der Waals surface area contributed by atoms with Crippen LogP contribution in [0.5, 0.6) is 0 Å². The van der Waals surface area contributed by atoms with Crippen molar-refractivity contribution in [1.29, 1.82) is 0 Å². The number of nitro benzene ring substituents is 1. The number of anilines is 1. The number of sulfonamides is 1. The van der Waals surface area contributed by atoms with Gasteiger partial charge in [0.05, 0.1) is 9.82 Å². The third-order valence-corrected chi connectivity index (χ3v) is 6.83. The van der Waals surface area contributed by atoms with Gasteiger partial charge in [-0.25, -0.2) is 8.42 Å². The van der Waals surface area contributed by atoms with Crippen LogP contribution in [0.4, 0.5) is 15.8 Å². The van der Waals surface area contributed by atoms with E-state index in [1.54, 1.807) is 12.1 Å². The lowest BCUT2D eigenvalue weighted by atomic mass is 10.2. The number of hydrogen-bond acceptors (Lipinski definition) is 5. The van der Waals surface area contributed by atoms with Gasteiger partial charge in [0.1, 0.15) is 0 Å². The highest BCUT2D eigenvalue weighted by atomic mass is 32.2. The summed E-state index contributed by atoms with van der Waals surface area (Å²) in [5, 5.41) is 13.2. The fourth-order valence-corrected chi connectivity index (χ4v) is 4.79. The largest absolute Gasteiger partial charge is 0.322 e. The lowest BCUT2D eigenvalue weighted by Gasteiger charge is -2.19. The van der Waals surface area contributed by atoms with E-state index in [9.17, 15) is 27.7 Å². The molecule has 31 heavy (non-hydrogen) atoms. The second-order valence-electron chi connectivity index (χ2n) is 7.13. The summed E-state index contributed by atoms with van der Waals surface area (Å²) in [6.07, 6.45) is 6.45. The van der Waals surface area contributed by atoms with Gasteiger partial charge in [0.15, 0.2) is 0 Å². The normalized spacial score (nSPS) is 15.5. The number of carbonyl (C=O) groups is 1. The second kappa shape index (κ2) is 9.80. The van der Waals surface area contributed by atoms with Crippen LogP contribution in [-0.4, -0.2) is 36.6 Å². The third kappa shape index (κ3) is 5.74. The molecule has 2 aromatic carbocycles. The second-order valence-corrected chi connectivity index (χ2v) is 9.07. The van der Waals surface area contributed by atoms with Crippen LogP contribution in [0.25, 0.3) is 6.08 Å². The van der Waals surface area contributed by atoms with Crippen molar-refractivity contribution < 1.29 is 22.5 Å². The molecule has 0 atom stereocenters. The maximum atomic E-state index is 13.4. The first-order valence-corrected chi connectivity index (χ1v) is 11.2. The summed E-state index contributed by atoms with van der Waals surface area (Å²) in [5.41, 5.74) is -0.0420. The van der Waals surface area contributed by atoms with Crippen molar-refractivity contribution in [3.8, 4) is 0 Å². The van der Waals surface area contributed by atoms with Gasteiger partial charge in [0.25, 0.3) is 0 Å². The van der Waals surface area contributed by atoms with Gasteiger partial charge in [-0.1, -0.05) is 25.0 Å². The lowest BCUT2D eigenvalue weighted by molar-refractivity contribution is -0.387. The Bertz CT molecular complexity index is 1090. The minimum Gasteiger partial charge on any atom is -0.322 e. The first-order chi connectivity index (χ1) is 14.8. The Kier molecular flexibility index (Phi) is 7.13. The molecule has 3 rings (SSSR count). The summed E-state index contributed by atoms with van der Waals surface area (Å²) in [7, 11) is -3.54. The maximum absolute atomic E-state index is 13.4. The van der Waals surface area contributed by atoms with E-state index in [2.05, 4.69) is 5.32 Å². The van der Waals surface area contributed by atoms with Gasteiger partial charge in [-0.3, -0.25) is 14.9 Å². The Hall–Kier alpha value is -3.11. The maximum Gasteiger partial charge on any atom is 0.306 e. The van der Waals surface area contributed by atoms with Crippen LogP contribution in [-0.2, 0) is 14.8 Å². The molecule has 164 valence electrons. The number of rotatable bonds is 6. The molecule has 1 amide bonds. The fraction of sp³-hybridized carbons (Fsp3) is 0.286. The van der Waals surface area contributed by atoms with Crippen LogP contribution in [0.1, 0.15) is 31.2 Å². The number of nitro groups is 1. The van der Waals surface area contributed by atoms with Crippen LogP contribution < -0.4 is 5.32 Å². The van der Waals surface area contributed by atoms with Crippen LogP contribution in [0.2, 0.25) is 0 Å². The molecule has 1 N–H and O–H groups in total. The average Bonchev–Trinajstić information content (AvgIpc) is 3.04. The smallest absolute Gasteiger partial charge is 0.306 e. The quantitative estimate of drug-likeness (QED) is 0.410. The first-order valence-electron chi connectivity index (χ1n) is 9.80. The van der Waals surface area contributed by atoms with Crippen LogP contribution in [0.3, 0.4) is 0 Å². The molecule has 0 spiro atoms. The van der Waals surface area contributed by atoms with E-state index in [1.165, 1.54) is 34.7 Å². The number of benzene rings is 2. The van der Waals surface area contributed by atoms with Gasteiger partial charge >= 0.3 is 5.69 Å². The van der Waals surface area contributed by atoms with E-state index >= 15 is 0 Å². The zero-order valence-corrected chi connectivity index (χ0v) is 17.5. The predicted octanol–water partition coefficient (Wildman–Crippen LogP) is 3.95. The van der Waals surface area contributed by atoms with Gasteiger partial charge in [-0.2, -0.15) is 8.70 Å². The molecule has 0 aliphatic carbocycles. The molecule has 0 aromatic heterocycles. The van der Waals surface area contributed by atoms with Crippen molar-refractivity contribution in [1.82, 2.24) is 4.31 Å². The number of nitrogens with one attached hydrogen (secondary N) is 1. The van der Waals surface area contributed by atoms with E-state index in [-0.39, 0.29) is 10.6 Å². The molecule has 0 radical (unpaired) electrons. The highest BCUT2D eigenvalue weighted by Gasteiger charge is 2.24. The molecule has 0 saturated carbocycles. The Labute approximate surface area is 179 Å². The zero-order valence-electron chi connectivity index (χ0n) is 16.7. The summed E-state index contributed by atoms with van der Waals surface area (Å²) < 4.78 is 40.5. The Balaban J connectivity index is 1.66. The van der Waals surface area contributed by atoms with Crippen molar-refractivity contribution in [3.05, 3.63) is 70.0 Å². The molecule has 1 heterocycles. The first kappa shape index (κ1) is 22.6. The Morgan fingerprint density at radius 2 is 1.71 bits per heavy atom. The van der Waals surface area contributed by atoms with Crippen molar-refractivity contribution >= 4 is 33.4 Å². The zero-order chi connectivity index (χ0) is 22.4. The van der Waals surface area contributed by atoms with Crippen molar-refractivity contribution in [2.24, 2.45) is 0 Å². The Morgan fingerprint density at radius 3 is 2.32 bits per heavy atom. The van der Waals surface area contributed by atoms with Gasteiger partial charge in [-0.15, -0.1) is 0 Å². The van der Waals surface area contributed by atoms with E-state index in [0.29, 0.717) is 18.7 Å². The molecule has 0 unspecified atom stereocenters. The van der Waals surface area contributed by atoms with E-state index in [1.807, 2.05) is 0 Å². The van der Waals surface area contributed by atoms with Crippen LogP contribution in [0.15, 0.2) is 53.4 Å². The summed E-state index contributed by atoms with van der Waals surface area (Å²) in [5.74, 6) is -1.56. The molecule has 1 aliphatic rings. The van der Waals surface area contributed by atoms with Crippen molar-refractivity contribution in [2.45, 2.75) is 30.6 Å². The monoisotopic (exact) mass is 447 g/mol. The van der Waals surface area contributed by atoms with Crippen molar-refractivity contribution in [3.63, 3.8) is 0 Å². The highest BCUT2D eigenvalue weighted by molar-refractivity contribution is 7.89. The van der Waals surface area contributed by atoms with Crippen molar-refractivity contribution in [2.75, 3.05) is 18.4 Å². The fourth-order valence-electron chi connectivity index (χ4n) is 3.27.